The standard InChI is InChI=1S/C14H19N3O/c15-8-11-18-14-5-3-13(4-6-14)17-12-2-1-9-16-10-7-12/h3-6,12,16-17H,1-2,7,9-11H2. The largest absolute Gasteiger partial charge is 0.479 e. The van der Waals surface area contributed by atoms with Crippen LogP contribution < -0.4 is 15.4 Å². The molecule has 1 atom stereocenters. The molecule has 2 N–H and O–H groups in total. The molecule has 2 rings (SSSR count). The molecule has 4 nitrogen and oxygen atoms in total. The summed E-state index contributed by atoms with van der Waals surface area (Å²) >= 11 is 0. The Labute approximate surface area is 108 Å². The van der Waals surface area contributed by atoms with Crippen LogP contribution in [-0.4, -0.2) is 25.7 Å². The Morgan fingerprint density at radius 3 is 2.89 bits per heavy atom. The van der Waals surface area contributed by atoms with Gasteiger partial charge in [-0.3, -0.25) is 0 Å². The molecule has 0 saturated carbocycles. The van der Waals surface area contributed by atoms with Crippen LogP contribution in [-0.2, 0) is 0 Å². The van der Waals surface area contributed by atoms with Crippen molar-refractivity contribution in [1.29, 1.82) is 5.26 Å². The van der Waals surface area contributed by atoms with E-state index < -0.39 is 0 Å². The highest BCUT2D eigenvalue weighted by molar-refractivity contribution is 5.47. The van der Waals surface area contributed by atoms with Crippen molar-refractivity contribution in [3.05, 3.63) is 24.3 Å². The second kappa shape index (κ2) is 6.87. The number of ether oxygens (including phenoxy) is 1. The van der Waals surface area contributed by atoms with Crippen LogP contribution in [0.1, 0.15) is 19.3 Å². The van der Waals surface area contributed by atoms with Crippen LogP contribution in [0.3, 0.4) is 0 Å². The first kappa shape index (κ1) is 12.7. The van der Waals surface area contributed by atoms with E-state index in [2.05, 4.69) is 10.6 Å². The normalized spacial score (nSPS) is 19.6. The number of nitriles is 1. The lowest BCUT2D eigenvalue weighted by atomic mass is 10.1. The zero-order valence-electron chi connectivity index (χ0n) is 10.5. The van der Waals surface area contributed by atoms with Crippen molar-refractivity contribution in [3.63, 3.8) is 0 Å². The van der Waals surface area contributed by atoms with E-state index >= 15 is 0 Å². The van der Waals surface area contributed by atoms with Gasteiger partial charge in [0.15, 0.2) is 6.61 Å². The lowest BCUT2D eigenvalue weighted by molar-refractivity contribution is 0.368. The maximum absolute atomic E-state index is 8.43. The number of benzene rings is 1. The van der Waals surface area contributed by atoms with Crippen molar-refractivity contribution in [2.45, 2.75) is 25.3 Å². The Balaban J connectivity index is 1.87. The second-order valence-corrected chi connectivity index (χ2v) is 4.49. The van der Waals surface area contributed by atoms with E-state index in [1.807, 2.05) is 30.3 Å². The topological polar surface area (TPSA) is 57.1 Å². The van der Waals surface area contributed by atoms with Gasteiger partial charge < -0.3 is 15.4 Å². The Bertz CT molecular complexity index is 388. The van der Waals surface area contributed by atoms with Crippen molar-refractivity contribution in [1.82, 2.24) is 5.32 Å². The van der Waals surface area contributed by atoms with Gasteiger partial charge in [0.05, 0.1) is 0 Å². The lowest BCUT2D eigenvalue weighted by Crippen LogP contribution is -2.21. The molecule has 1 heterocycles. The van der Waals surface area contributed by atoms with E-state index in [0.29, 0.717) is 6.04 Å². The summed E-state index contributed by atoms with van der Waals surface area (Å²) in [6, 6.07) is 10.3. The van der Waals surface area contributed by atoms with Crippen LogP contribution in [0.25, 0.3) is 0 Å². The highest BCUT2D eigenvalue weighted by Gasteiger charge is 2.11. The third-order valence-electron chi connectivity index (χ3n) is 3.10. The molecule has 1 saturated heterocycles. The Kier molecular flexibility index (Phi) is 4.86. The summed E-state index contributed by atoms with van der Waals surface area (Å²) in [6.07, 6.45) is 3.59. The van der Waals surface area contributed by atoms with Gasteiger partial charge in [-0.2, -0.15) is 5.26 Å². The maximum Gasteiger partial charge on any atom is 0.174 e. The van der Waals surface area contributed by atoms with Gasteiger partial charge in [0.1, 0.15) is 11.8 Å². The summed E-state index contributed by atoms with van der Waals surface area (Å²) in [5.74, 6) is 0.740. The molecular weight excluding hydrogens is 226 g/mol. The average Bonchev–Trinajstić information content (AvgIpc) is 2.67. The van der Waals surface area contributed by atoms with E-state index in [-0.39, 0.29) is 6.61 Å². The molecule has 0 amide bonds. The lowest BCUT2D eigenvalue weighted by Gasteiger charge is -2.17. The van der Waals surface area contributed by atoms with Crippen LogP contribution in [0.2, 0.25) is 0 Å². The van der Waals surface area contributed by atoms with Crippen LogP contribution in [0, 0.1) is 11.3 Å². The van der Waals surface area contributed by atoms with E-state index in [0.717, 1.165) is 30.9 Å². The molecule has 1 unspecified atom stereocenters. The highest BCUT2D eigenvalue weighted by atomic mass is 16.5. The number of anilines is 1. The third kappa shape index (κ3) is 3.94. The zero-order chi connectivity index (χ0) is 12.6. The van der Waals surface area contributed by atoms with E-state index in [1.54, 1.807) is 0 Å². The van der Waals surface area contributed by atoms with Gasteiger partial charge in [-0.15, -0.1) is 0 Å². The molecule has 1 aliphatic heterocycles. The SMILES string of the molecule is N#CCOc1ccc(NC2CCCNCC2)cc1. The minimum absolute atomic E-state index is 0.0983. The summed E-state index contributed by atoms with van der Waals surface area (Å²) in [4.78, 5) is 0. The number of hydrogen-bond donors (Lipinski definition) is 2. The summed E-state index contributed by atoms with van der Waals surface area (Å²) < 4.78 is 5.22. The molecule has 18 heavy (non-hydrogen) atoms. The predicted octanol–water partition coefficient (Wildman–Crippen LogP) is 2.14. The van der Waals surface area contributed by atoms with Gasteiger partial charge in [0.25, 0.3) is 0 Å². The molecule has 0 aromatic heterocycles. The second-order valence-electron chi connectivity index (χ2n) is 4.49. The van der Waals surface area contributed by atoms with Crippen LogP contribution in [0.4, 0.5) is 5.69 Å². The maximum atomic E-state index is 8.43. The number of rotatable bonds is 4. The minimum Gasteiger partial charge on any atom is -0.479 e. The summed E-state index contributed by atoms with van der Waals surface area (Å²) in [6.45, 7) is 2.31. The Morgan fingerprint density at radius 2 is 2.11 bits per heavy atom. The van der Waals surface area contributed by atoms with Crippen molar-refractivity contribution in [2.24, 2.45) is 0 Å². The molecule has 0 aliphatic carbocycles. The van der Waals surface area contributed by atoms with Gasteiger partial charge in [0, 0.05) is 11.7 Å². The summed E-state index contributed by atoms with van der Waals surface area (Å²) in [7, 11) is 0. The fourth-order valence-electron chi connectivity index (χ4n) is 2.16. The number of nitrogens with zero attached hydrogens (tertiary/aromatic N) is 1. The molecule has 0 radical (unpaired) electrons. The van der Waals surface area contributed by atoms with Crippen molar-refractivity contribution in [3.8, 4) is 11.8 Å². The summed E-state index contributed by atoms with van der Waals surface area (Å²) in [5, 5.41) is 15.4. The average molecular weight is 245 g/mol. The minimum atomic E-state index is 0.0983. The number of hydrogen-bond acceptors (Lipinski definition) is 4. The van der Waals surface area contributed by atoms with Crippen molar-refractivity contribution < 1.29 is 4.74 Å². The van der Waals surface area contributed by atoms with Crippen molar-refractivity contribution >= 4 is 5.69 Å². The van der Waals surface area contributed by atoms with E-state index in [1.165, 1.54) is 12.8 Å². The molecule has 96 valence electrons. The third-order valence-corrected chi connectivity index (χ3v) is 3.10. The zero-order valence-corrected chi connectivity index (χ0v) is 10.5. The van der Waals surface area contributed by atoms with Crippen LogP contribution in [0.15, 0.2) is 24.3 Å². The first-order valence-electron chi connectivity index (χ1n) is 6.45. The monoisotopic (exact) mass is 245 g/mol. The molecule has 1 aromatic rings. The Morgan fingerprint density at radius 1 is 1.28 bits per heavy atom. The van der Waals surface area contributed by atoms with Gasteiger partial charge in [0.2, 0.25) is 0 Å². The van der Waals surface area contributed by atoms with Crippen LogP contribution in [0.5, 0.6) is 5.75 Å². The highest BCUT2D eigenvalue weighted by Crippen LogP contribution is 2.18. The fourth-order valence-corrected chi connectivity index (χ4v) is 2.16. The van der Waals surface area contributed by atoms with Gasteiger partial charge in [-0.05, 0) is 56.6 Å². The van der Waals surface area contributed by atoms with E-state index in [4.69, 9.17) is 10.00 Å². The molecule has 1 fully saturated rings. The number of nitrogens with one attached hydrogen (secondary N) is 2. The quantitative estimate of drug-likeness (QED) is 0.853. The first-order valence-corrected chi connectivity index (χ1v) is 6.45. The predicted molar refractivity (Wildman–Crippen MR) is 71.7 cm³/mol. The van der Waals surface area contributed by atoms with Gasteiger partial charge in [-0.25, -0.2) is 0 Å². The molecule has 4 heteroatoms. The van der Waals surface area contributed by atoms with Gasteiger partial charge in [-0.1, -0.05) is 0 Å². The summed E-state index contributed by atoms with van der Waals surface area (Å²) in [5.41, 5.74) is 1.12. The molecule has 1 aliphatic rings. The van der Waals surface area contributed by atoms with E-state index in [9.17, 15) is 0 Å². The van der Waals surface area contributed by atoms with Crippen LogP contribution >= 0.6 is 0 Å². The molecule has 1 aromatic carbocycles. The van der Waals surface area contributed by atoms with Crippen molar-refractivity contribution in [2.75, 3.05) is 25.0 Å². The Hall–Kier alpha value is -1.73. The molecule has 0 spiro atoms. The first-order chi connectivity index (χ1) is 8.88. The van der Waals surface area contributed by atoms with Gasteiger partial charge >= 0.3 is 0 Å². The fraction of sp³-hybridized carbons (Fsp3) is 0.500. The molecule has 0 bridgehead atoms. The molecular formula is C14H19N3O. The smallest absolute Gasteiger partial charge is 0.174 e.